The number of hydrogen-bond acceptors (Lipinski definition) is 2. The van der Waals surface area contributed by atoms with Gasteiger partial charge in [-0.05, 0) is 50.2 Å². The molecule has 0 saturated heterocycles. The summed E-state index contributed by atoms with van der Waals surface area (Å²) in [4.78, 5) is 0. The maximum atomic E-state index is 5.60. The molecule has 34 heavy (non-hydrogen) atoms. The highest BCUT2D eigenvalue weighted by atomic mass is 79.9. The smallest absolute Gasteiger partial charge is 0.0698 e. The number of benzene rings is 4. The number of aromatic nitrogens is 2. The molecule has 0 amide bonds. The molecular weight excluding hydrogens is 501 g/mol. The molecule has 0 aliphatic rings. The van der Waals surface area contributed by atoms with Gasteiger partial charge in [0.05, 0.1) is 29.8 Å². The van der Waals surface area contributed by atoms with E-state index in [0.29, 0.717) is 0 Å². The average molecular weight is 526 g/mol. The van der Waals surface area contributed by atoms with Gasteiger partial charge in [-0.15, -0.1) is 0 Å². The van der Waals surface area contributed by atoms with Gasteiger partial charge in [-0.1, -0.05) is 94.8 Å². The predicted octanol–water partition coefficient (Wildman–Crippen LogP) is 7.06. The first-order valence-corrected chi connectivity index (χ1v) is 13.7. The van der Waals surface area contributed by atoms with Gasteiger partial charge in [-0.3, -0.25) is 4.74 Å². The summed E-state index contributed by atoms with van der Waals surface area (Å²) in [6, 6.07) is 40.0. The molecule has 4 aromatic carbocycles. The van der Waals surface area contributed by atoms with Crippen molar-refractivity contribution in [3.8, 4) is 5.69 Å². The molecular formula is C29H25BrN3P. The van der Waals surface area contributed by atoms with E-state index in [1.807, 2.05) is 36.4 Å². The van der Waals surface area contributed by atoms with Gasteiger partial charge < -0.3 is 0 Å². The summed E-state index contributed by atoms with van der Waals surface area (Å²) in [5.41, 5.74) is 4.13. The van der Waals surface area contributed by atoms with Gasteiger partial charge in [0, 0.05) is 20.4 Å². The van der Waals surface area contributed by atoms with Gasteiger partial charge in [-0.2, -0.15) is 5.10 Å². The van der Waals surface area contributed by atoms with Crippen LogP contribution < -0.4 is 15.9 Å². The van der Waals surface area contributed by atoms with E-state index in [9.17, 15) is 0 Å². The van der Waals surface area contributed by atoms with Crippen molar-refractivity contribution in [3.63, 3.8) is 0 Å². The summed E-state index contributed by atoms with van der Waals surface area (Å²) >= 11 is 3.62. The minimum atomic E-state index is -2.45. The highest BCUT2D eigenvalue weighted by molar-refractivity contribution is 9.10. The standard InChI is InChI=1S/C29H25BrN3P/c1-22-29(23(2)33(31-22)26-14-8-4-9-15-26)34(27-16-10-5-11-17-27,28-20-18-24(30)19-21-28)32-25-12-6-3-7-13-25/h3-21H,1-2H3. The fourth-order valence-corrected chi connectivity index (χ4v) is 8.61. The molecule has 5 rings (SSSR count). The minimum absolute atomic E-state index is 0.967. The van der Waals surface area contributed by atoms with E-state index in [0.717, 1.165) is 27.2 Å². The Morgan fingerprint density at radius 3 is 1.82 bits per heavy atom. The molecule has 0 aliphatic carbocycles. The molecule has 1 unspecified atom stereocenters. The quantitative estimate of drug-likeness (QED) is 0.226. The molecule has 0 aliphatic heterocycles. The molecule has 1 heterocycles. The Balaban J connectivity index is 1.93. The van der Waals surface area contributed by atoms with Crippen molar-refractivity contribution >= 4 is 44.6 Å². The van der Waals surface area contributed by atoms with Crippen molar-refractivity contribution in [1.29, 1.82) is 0 Å². The van der Waals surface area contributed by atoms with Gasteiger partial charge in [0.1, 0.15) is 0 Å². The van der Waals surface area contributed by atoms with Gasteiger partial charge in [-0.25, -0.2) is 4.68 Å². The van der Waals surface area contributed by atoms with Crippen molar-refractivity contribution in [3.05, 3.63) is 131 Å². The number of para-hydroxylation sites is 1. The first-order chi connectivity index (χ1) is 16.6. The largest absolute Gasteiger partial charge is 0.254 e. The molecule has 0 N–H and O–H groups in total. The fraction of sp³-hybridized carbons (Fsp3) is 0.0690. The second-order valence-corrected chi connectivity index (χ2v) is 12.0. The lowest BCUT2D eigenvalue weighted by Gasteiger charge is -2.27. The van der Waals surface area contributed by atoms with E-state index >= 15 is 0 Å². The fourth-order valence-electron chi connectivity index (χ4n) is 4.46. The Hall–Kier alpha value is -3.20. The molecule has 168 valence electrons. The van der Waals surface area contributed by atoms with Crippen molar-refractivity contribution < 1.29 is 0 Å². The number of halogens is 1. The summed E-state index contributed by atoms with van der Waals surface area (Å²) in [5, 5.41) is 8.64. The van der Waals surface area contributed by atoms with Crippen LogP contribution >= 0.6 is 23.0 Å². The molecule has 1 atom stereocenters. The molecule has 0 spiro atoms. The highest BCUT2D eigenvalue weighted by Crippen LogP contribution is 2.51. The summed E-state index contributed by atoms with van der Waals surface area (Å²) in [6.45, 7) is 4.28. The van der Waals surface area contributed by atoms with Gasteiger partial charge >= 0.3 is 0 Å². The van der Waals surface area contributed by atoms with Crippen LogP contribution in [-0.2, 0) is 0 Å². The third kappa shape index (κ3) is 4.09. The molecule has 0 radical (unpaired) electrons. The normalized spacial score (nSPS) is 12.8. The van der Waals surface area contributed by atoms with E-state index in [1.54, 1.807) is 0 Å². The topological polar surface area (TPSA) is 30.2 Å². The van der Waals surface area contributed by atoms with Crippen LogP contribution in [0.4, 0.5) is 5.69 Å². The third-order valence-electron chi connectivity index (χ3n) is 5.93. The van der Waals surface area contributed by atoms with Crippen molar-refractivity contribution in [2.24, 2.45) is 4.74 Å². The van der Waals surface area contributed by atoms with E-state index in [4.69, 9.17) is 9.84 Å². The zero-order valence-electron chi connectivity index (χ0n) is 19.1. The van der Waals surface area contributed by atoms with Crippen LogP contribution in [0, 0.1) is 13.8 Å². The maximum absolute atomic E-state index is 5.60. The number of aryl methyl sites for hydroxylation is 1. The lowest BCUT2D eigenvalue weighted by atomic mass is 10.3. The minimum Gasteiger partial charge on any atom is -0.254 e. The third-order valence-corrected chi connectivity index (χ3v) is 10.4. The van der Waals surface area contributed by atoms with Crippen LogP contribution in [0.2, 0.25) is 0 Å². The van der Waals surface area contributed by atoms with Crippen LogP contribution in [0.25, 0.3) is 5.69 Å². The summed E-state index contributed by atoms with van der Waals surface area (Å²) < 4.78 is 8.71. The number of rotatable bonds is 5. The van der Waals surface area contributed by atoms with Gasteiger partial charge in [0.2, 0.25) is 0 Å². The van der Waals surface area contributed by atoms with Crippen LogP contribution in [0.5, 0.6) is 0 Å². The second-order valence-electron chi connectivity index (χ2n) is 8.15. The predicted molar refractivity (Wildman–Crippen MR) is 148 cm³/mol. The number of hydrogen-bond donors (Lipinski definition) is 0. The van der Waals surface area contributed by atoms with Gasteiger partial charge in [0.25, 0.3) is 0 Å². The first-order valence-electron chi connectivity index (χ1n) is 11.2. The van der Waals surface area contributed by atoms with Gasteiger partial charge in [0.15, 0.2) is 0 Å². The summed E-state index contributed by atoms with van der Waals surface area (Å²) in [7, 11) is -2.45. The Bertz CT molecular complexity index is 1460. The molecule has 5 heteroatoms. The zero-order chi connectivity index (χ0) is 23.5. The lowest BCUT2D eigenvalue weighted by molar-refractivity contribution is 0.834. The molecule has 0 fully saturated rings. The van der Waals surface area contributed by atoms with E-state index in [2.05, 4.69) is 113 Å². The first kappa shape index (κ1) is 22.6. The summed E-state index contributed by atoms with van der Waals surface area (Å²) in [5.74, 6) is 0. The Morgan fingerprint density at radius 1 is 0.676 bits per heavy atom. The Labute approximate surface area is 209 Å². The molecule has 0 saturated carbocycles. The van der Waals surface area contributed by atoms with E-state index in [-0.39, 0.29) is 0 Å². The summed E-state index contributed by atoms with van der Waals surface area (Å²) in [6.07, 6.45) is 0. The SMILES string of the molecule is Cc1nn(-c2ccccc2)c(C)c1P(=Nc1ccccc1)(c1ccccc1)c1ccc(Br)cc1. The van der Waals surface area contributed by atoms with E-state index < -0.39 is 7.05 Å². The van der Waals surface area contributed by atoms with E-state index in [1.165, 1.54) is 15.9 Å². The number of nitrogens with zero attached hydrogens (tertiary/aromatic N) is 3. The highest BCUT2D eigenvalue weighted by Gasteiger charge is 2.33. The monoisotopic (exact) mass is 525 g/mol. The Kier molecular flexibility index (Phi) is 6.36. The van der Waals surface area contributed by atoms with Crippen LogP contribution in [0.15, 0.2) is 124 Å². The zero-order valence-corrected chi connectivity index (χ0v) is 21.6. The van der Waals surface area contributed by atoms with Crippen molar-refractivity contribution in [2.75, 3.05) is 0 Å². The lowest BCUT2D eigenvalue weighted by Crippen LogP contribution is -2.28. The average Bonchev–Trinajstić information content (AvgIpc) is 3.19. The molecule has 3 nitrogen and oxygen atoms in total. The molecule has 1 aromatic heterocycles. The van der Waals surface area contributed by atoms with Crippen LogP contribution in [-0.4, -0.2) is 9.78 Å². The van der Waals surface area contributed by atoms with Crippen molar-refractivity contribution in [2.45, 2.75) is 13.8 Å². The van der Waals surface area contributed by atoms with Crippen LogP contribution in [0.3, 0.4) is 0 Å². The maximum Gasteiger partial charge on any atom is 0.0698 e. The second kappa shape index (κ2) is 9.58. The van der Waals surface area contributed by atoms with Crippen molar-refractivity contribution in [1.82, 2.24) is 9.78 Å². The molecule has 0 bridgehead atoms. The van der Waals surface area contributed by atoms with Crippen LogP contribution in [0.1, 0.15) is 11.4 Å². The Morgan fingerprint density at radius 2 is 1.21 bits per heavy atom. The molecule has 5 aromatic rings.